The van der Waals surface area contributed by atoms with E-state index in [1.807, 2.05) is 0 Å². The summed E-state index contributed by atoms with van der Waals surface area (Å²) < 4.78 is 18.3. The van der Waals surface area contributed by atoms with Crippen molar-refractivity contribution in [2.24, 2.45) is 0 Å². The molecule has 2 aromatic carbocycles. The zero-order chi connectivity index (χ0) is 29.1. The van der Waals surface area contributed by atoms with Gasteiger partial charge in [-0.05, 0) is 47.5 Å². The van der Waals surface area contributed by atoms with Crippen molar-refractivity contribution in [2.45, 2.75) is 128 Å². The summed E-state index contributed by atoms with van der Waals surface area (Å²) in [5.41, 5.74) is 0. The Kier molecular flexibility index (Phi) is 15.8. The van der Waals surface area contributed by atoms with Gasteiger partial charge in [0, 0.05) is 19.6 Å². The lowest BCUT2D eigenvalue weighted by atomic mass is 10.1. The summed E-state index contributed by atoms with van der Waals surface area (Å²) >= 11 is 0. The Hall–Kier alpha value is -1.90. The Labute approximate surface area is 252 Å². The maximum Gasteiger partial charge on any atom is 0.261 e. The first-order valence-corrected chi connectivity index (χ1v) is 18.4. The van der Waals surface area contributed by atoms with E-state index in [1.165, 1.54) is 81.0 Å². The Morgan fingerprint density at radius 3 is 1.76 bits per heavy atom. The number of benzene rings is 2. The van der Waals surface area contributed by atoms with Crippen LogP contribution in [0.2, 0.25) is 5.04 Å². The van der Waals surface area contributed by atoms with Crippen molar-refractivity contribution in [3.63, 3.8) is 0 Å². The smallest absolute Gasteiger partial charge is 0.261 e. The Morgan fingerprint density at radius 2 is 1.24 bits per heavy atom. The molecular weight excluding hydrogens is 520 g/mol. The fraction of sp³-hybridized carbons (Fsp3) is 0.622. The van der Waals surface area contributed by atoms with Crippen LogP contribution in [0.25, 0.3) is 0 Å². The third-order valence-electron chi connectivity index (χ3n) is 8.29. The minimum Gasteiger partial charge on any atom is -0.407 e. The quantitative estimate of drug-likeness (QED) is 0.101. The molecule has 0 bridgehead atoms. The third-order valence-corrected chi connectivity index (χ3v) is 13.3. The molecule has 0 aliphatic carbocycles. The van der Waals surface area contributed by atoms with Crippen molar-refractivity contribution in [1.29, 1.82) is 0 Å². The van der Waals surface area contributed by atoms with Crippen molar-refractivity contribution in [2.75, 3.05) is 19.8 Å². The molecule has 0 spiro atoms. The first-order chi connectivity index (χ1) is 20.0. The van der Waals surface area contributed by atoms with Crippen molar-refractivity contribution in [3.8, 4) is 11.8 Å². The van der Waals surface area contributed by atoms with Gasteiger partial charge in [-0.2, -0.15) is 0 Å². The topological polar surface area (TPSA) is 27.7 Å². The van der Waals surface area contributed by atoms with Gasteiger partial charge in [0.2, 0.25) is 0 Å². The van der Waals surface area contributed by atoms with Crippen LogP contribution in [-0.4, -0.2) is 34.4 Å². The maximum atomic E-state index is 7.03. The number of hydrogen-bond acceptors (Lipinski definition) is 3. The average molecular weight is 577 g/mol. The van der Waals surface area contributed by atoms with Crippen LogP contribution in [0.1, 0.15) is 117 Å². The van der Waals surface area contributed by atoms with Gasteiger partial charge in [0.15, 0.2) is 6.29 Å². The van der Waals surface area contributed by atoms with Gasteiger partial charge in [0.25, 0.3) is 8.32 Å². The predicted molar refractivity (Wildman–Crippen MR) is 176 cm³/mol. The van der Waals surface area contributed by atoms with Crippen LogP contribution in [0, 0.1) is 11.8 Å². The predicted octanol–water partition coefficient (Wildman–Crippen LogP) is 8.79. The summed E-state index contributed by atoms with van der Waals surface area (Å²) in [6.45, 7) is 9.27. The van der Waals surface area contributed by atoms with Crippen molar-refractivity contribution < 1.29 is 13.9 Å². The number of unbranched alkanes of at least 4 members (excludes halogenated alkanes) is 11. The zero-order valence-corrected chi connectivity index (χ0v) is 27.3. The Morgan fingerprint density at radius 1 is 0.707 bits per heavy atom. The lowest BCUT2D eigenvalue weighted by molar-refractivity contribution is -0.154. The fourth-order valence-corrected chi connectivity index (χ4v) is 10.6. The molecule has 0 saturated carbocycles. The molecule has 1 unspecified atom stereocenters. The van der Waals surface area contributed by atoms with Gasteiger partial charge in [0.05, 0.1) is 0 Å². The standard InChI is InChI=1S/C37H56O3Si/c1-37(2,3)41(34-26-18-16-19-27-34,35-28-20-17-21-29-35)40-33-24-15-13-11-9-7-5-4-6-8-10-12-14-23-31-38-36-30-22-25-32-39-36/h16-21,26-29,36H,4-13,15,22,24-25,30-33H2,1-3H3. The highest BCUT2D eigenvalue weighted by Crippen LogP contribution is 2.36. The molecule has 3 rings (SSSR count). The summed E-state index contributed by atoms with van der Waals surface area (Å²) in [7, 11) is -2.38. The summed E-state index contributed by atoms with van der Waals surface area (Å²) in [6, 6.07) is 22.0. The summed E-state index contributed by atoms with van der Waals surface area (Å²) in [5.74, 6) is 6.41. The van der Waals surface area contributed by atoms with Crippen molar-refractivity contribution in [3.05, 3.63) is 60.7 Å². The molecule has 1 aliphatic rings. The second-order valence-corrected chi connectivity index (χ2v) is 16.9. The Balaban J connectivity index is 1.22. The lowest BCUT2D eigenvalue weighted by Crippen LogP contribution is -2.66. The highest BCUT2D eigenvalue weighted by molar-refractivity contribution is 6.99. The molecule has 1 atom stereocenters. The maximum absolute atomic E-state index is 7.03. The van der Waals surface area contributed by atoms with Crippen LogP contribution in [0.5, 0.6) is 0 Å². The van der Waals surface area contributed by atoms with Gasteiger partial charge < -0.3 is 13.9 Å². The number of ether oxygens (including phenoxy) is 2. The minimum absolute atomic E-state index is 0.0212. The molecule has 2 aromatic rings. The van der Waals surface area contributed by atoms with Gasteiger partial charge >= 0.3 is 0 Å². The second-order valence-electron chi connectivity index (χ2n) is 12.6. The van der Waals surface area contributed by atoms with E-state index in [9.17, 15) is 0 Å². The van der Waals surface area contributed by atoms with Crippen LogP contribution in [0.4, 0.5) is 0 Å². The van der Waals surface area contributed by atoms with E-state index >= 15 is 0 Å². The first-order valence-electron chi connectivity index (χ1n) is 16.5. The van der Waals surface area contributed by atoms with Crippen LogP contribution in [0.15, 0.2) is 60.7 Å². The molecule has 1 heterocycles. The van der Waals surface area contributed by atoms with Crippen LogP contribution < -0.4 is 10.4 Å². The van der Waals surface area contributed by atoms with Crippen LogP contribution in [0.3, 0.4) is 0 Å². The number of rotatable bonds is 18. The first kappa shape index (κ1) is 33.6. The van der Waals surface area contributed by atoms with Gasteiger partial charge in [-0.15, -0.1) is 5.92 Å². The summed E-state index contributed by atoms with van der Waals surface area (Å²) in [6.07, 6.45) is 18.8. The fourth-order valence-electron chi connectivity index (χ4n) is 6.01. The molecule has 226 valence electrons. The monoisotopic (exact) mass is 576 g/mol. The van der Waals surface area contributed by atoms with E-state index in [0.29, 0.717) is 6.61 Å². The number of hydrogen-bond donors (Lipinski definition) is 0. The summed E-state index contributed by atoms with van der Waals surface area (Å²) in [5, 5.41) is 2.81. The molecule has 0 N–H and O–H groups in total. The molecule has 1 fully saturated rings. The van der Waals surface area contributed by atoms with Gasteiger partial charge in [0.1, 0.15) is 6.61 Å². The molecule has 1 aliphatic heterocycles. The van der Waals surface area contributed by atoms with Crippen molar-refractivity contribution in [1.82, 2.24) is 0 Å². The molecule has 0 radical (unpaired) electrons. The normalized spacial score (nSPS) is 15.8. The molecule has 41 heavy (non-hydrogen) atoms. The van der Waals surface area contributed by atoms with Crippen molar-refractivity contribution >= 4 is 18.7 Å². The minimum atomic E-state index is -2.38. The lowest BCUT2D eigenvalue weighted by Gasteiger charge is -2.43. The third kappa shape index (κ3) is 11.7. The molecule has 0 aromatic heterocycles. The zero-order valence-electron chi connectivity index (χ0n) is 26.3. The largest absolute Gasteiger partial charge is 0.407 e. The van der Waals surface area contributed by atoms with Gasteiger partial charge in [-0.3, -0.25) is 0 Å². The molecule has 3 nitrogen and oxygen atoms in total. The molecule has 4 heteroatoms. The van der Waals surface area contributed by atoms with E-state index in [2.05, 4.69) is 93.3 Å². The van der Waals surface area contributed by atoms with Crippen LogP contribution in [-0.2, 0) is 13.9 Å². The van der Waals surface area contributed by atoms with E-state index in [-0.39, 0.29) is 11.3 Å². The molecular formula is C37H56O3Si. The SMILES string of the molecule is CC(C)(C)[Si](OCCCCCCCCCCCCCC#CCOC1CCCCO1)(c1ccccc1)c1ccccc1. The van der Waals surface area contributed by atoms with Gasteiger partial charge in [-0.25, -0.2) is 0 Å². The van der Waals surface area contributed by atoms with E-state index in [4.69, 9.17) is 13.9 Å². The summed E-state index contributed by atoms with van der Waals surface area (Å²) in [4.78, 5) is 0. The van der Waals surface area contributed by atoms with E-state index in [0.717, 1.165) is 38.9 Å². The Bertz CT molecular complexity index is 944. The second kappa shape index (κ2) is 19.3. The molecule has 0 amide bonds. The highest BCUT2D eigenvalue weighted by atomic mass is 28.4. The average Bonchev–Trinajstić information content (AvgIpc) is 2.99. The van der Waals surface area contributed by atoms with Crippen LogP contribution >= 0.6 is 0 Å². The van der Waals surface area contributed by atoms with E-state index in [1.54, 1.807) is 0 Å². The molecule has 1 saturated heterocycles. The van der Waals surface area contributed by atoms with E-state index < -0.39 is 8.32 Å². The van der Waals surface area contributed by atoms with Gasteiger partial charge in [-0.1, -0.05) is 145 Å². The highest BCUT2D eigenvalue weighted by Gasteiger charge is 2.49.